The first-order valence-corrected chi connectivity index (χ1v) is 2.26. The molecule has 0 aliphatic heterocycles. The molecule has 4 heteroatoms. The van der Waals surface area contributed by atoms with Gasteiger partial charge in [0.1, 0.15) is 0 Å². The Morgan fingerprint density at radius 3 is 1.25 bits per heavy atom. The Balaban J connectivity index is 0. The Kier molecular flexibility index (Phi) is 102. The van der Waals surface area contributed by atoms with Crippen molar-refractivity contribution < 1.29 is 26.4 Å². The van der Waals surface area contributed by atoms with Crippen LogP contribution in [-0.2, 0) is 26.4 Å². The van der Waals surface area contributed by atoms with E-state index in [9.17, 15) is 0 Å². The summed E-state index contributed by atoms with van der Waals surface area (Å²) in [6.07, 6.45) is 0. The van der Waals surface area contributed by atoms with Gasteiger partial charge in [0.25, 0.3) is 0 Å². The summed E-state index contributed by atoms with van der Waals surface area (Å²) in [6.45, 7) is 0. The van der Waals surface area contributed by atoms with Gasteiger partial charge < -0.3 is 0 Å². The van der Waals surface area contributed by atoms with Gasteiger partial charge in [0.15, 0.2) is 0 Å². The van der Waals surface area contributed by atoms with Crippen LogP contribution in [0.2, 0.25) is 0 Å². The topological polar surface area (TPSA) is 34.1 Å². The van der Waals surface area contributed by atoms with Crippen LogP contribution < -0.4 is 0 Å². The molecule has 0 heterocycles. The van der Waals surface area contributed by atoms with Crippen LogP contribution in [0.25, 0.3) is 0 Å². The normalized spacial score (nSPS) is 2.50. The summed E-state index contributed by atoms with van der Waals surface area (Å²) in [7, 11) is 0. The van der Waals surface area contributed by atoms with Gasteiger partial charge in [-0.3, -0.25) is 0 Å². The Bertz CT molecular complexity index is 8.00. The van der Waals surface area contributed by atoms with Crippen LogP contribution in [0, 0.1) is 0 Å². The van der Waals surface area contributed by atoms with Gasteiger partial charge in [0, 0.05) is 0 Å². The molecule has 4 heavy (non-hydrogen) atoms. The molecule has 0 saturated heterocycles. The predicted molar refractivity (Wildman–Crippen MR) is 9.92 cm³/mol. The molecule has 0 fully saturated rings. The SMILES string of the molecule is [O]=[GeH2].[O]=[Pd]. The molecule has 0 bridgehead atoms. The Labute approximate surface area is 43.1 Å². The summed E-state index contributed by atoms with van der Waals surface area (Å²) >= 11 is 1.62. The van der Waals surface area contributed by atoms with Crippen molar-refractivity contribution in [1.82, 2.24) is 0 Å². The van der Waals surface area contributed by atoms with Gasteiger partial charge in [0.2, 0.25) is 0 Å². The molecule has 0 aliphatic rings. The summed E-state index contributed by atoms with van der Waals surface area (Å²) in [5.74, 6) is 0. The van der Waals surface area contributed by atoms with Crippen LogP contribution >= 0.6 is 0 Å². The molecule has 0 amide bonds. The van der Waals surface area contributed by atoms with E-state index in [0.717, 1.165) is 0 Å². The molecule has 2 nitrogen and oxygen atoms in total. The third-order valence-electron chi connectivity index (χ3n) is 0. The number of hydrogen-bond acceptors (Lipinski definition) is 2. The second kappa shape index (κ2) is 46.2. The van der Waals surface area contributed by atoms with E-state index in [-0.39, 0.29) is 16.5 Å². The van der Waals surface area contributed by atoms with Gasteiger partial charge in [-0.1, -0.05) is 0 Å². The van der Waals surface area contributed by atoms with Gasteiger partial charge in [-0.25, -0.2) is 0 Å². The summed E-state index contributed by atoms with van der Waals surface area (Å²) < 4.78 is 16.5. The summed E-state index contributed by atoms with van der Waals surface area (Å²) in [6, 6.07) is 0. The number of rotatable bonds is 0. The summed E-state index contributed by atoms with van der Waals surface area (Å²) in [4.78, 5) is 0. The molecule has 0 N–H and O–H groups in total. The maximum absolute atomic E-state index is 8.38. The standard InChI is InChI=1S/GeH2O.O.Pd/c1-2;;/h1H2;;. The van der Waals surface area contributed by atoms with Crippen molar-refractivity contribution in [2.45, 2.75) is 0 Å². The van der Waals surface area contributed by atoms with Crippen LogP contribution in [0.5, 0.6) is 0 Å². The minimum absolute atomic E-state index is 0.125. The molecular weight excluding hydrogens is 211 g/mol. The monoisotopic (exact) mass is 214 g/mol. The predicted octanol–water partition coefficient (Wildman–Crippen LogP) is -1.16. The van der Waals surface area contributed by atoms with E-state index in [1.54, 1.807) is 0 Å². The zero-order valence-corrected chi connectivity index (χ0v) is 6.36. The average molecular weight is 213 g/mol. The molecule has 0 aromatic heterocycles. The Morgan fingerprint density at radius 1 is 1.25 bits per heavy atom. The first-order valence-electron chi connectivity index (χ1n) is 0.418. The first kappa shape index (κ1) is 8.84. The van der Waals surface area contributed by atoms with Crippen LogP contribution in [0.4, 0.5) is 0 Å². The van der Waals surface area contributed by atoms with E-state index < -0.39 is 0 Å². The van der Waals surface area contributed by atoms with Gasteiger partial charge in [-0.2, -0.15) is 0 Å². The maximum atomic E-state index is 8.38. The zero-order chi connectivity index (χ0) is 4.00. The molecule has 0 atom stereocenters. The fourth-order valence-corrected chi connectivity index (χ4v) is 0. The fourth-order valence-electron chi connectivity index (χ4n) is 0. The van der Waals surface area contributed by atoms with Crippen LogP contribution in [0.3, 0.4) is 0 Å². The molecule has 0 radical (unpaired) electrons. The quantitative estimate of drug-likeness (QED) is 0.476. The molecule has 0 saturated carbocycles. The minimum atomic E-state index is 0.125. The van der Waals surface area contributed by atoms with Gasteiger partial charge in [-0.15, -0.1) is 0 Å². The van der Waals surface area contributed by atoms with E-state index in [1.165, 1.54) is 19.2 Å². The molecule has 0 unspecified atom stereocenters. The second-order valence-electron chi connectivity index (χ2n) is 0. The van der Waals surface area contributed by atoms with Crippen molar-refractivity contribution >= 4 is 16.5 Å². The van der Waals surface area contributed by atoms with E-state index >= 15 is 0 Å². The van der Waals surface area contributed by atoms with Crippen molar-refractivity contribution in [2.75, 3.05) is 0 Å². The molecule has 28 valence electrons. The van der Waals surface area contributed by atoms with Crippen molar-refractivity contribution in [1.29, 1.82) is 0 Å². The van der Waals surface area contributed by atoms with Crippen molar-refractivity contribution in [3.05, 3.63) is 0 Å². The van der Waals surface area contributed by atoms with E-state index in [4.69, 9.17) is 7.25 Å². The number of hydrogen-bond donors (Lipinski definition) is 0. The Hall–Kier alpha value is 0.805. The molecule has 0 spiro atoms. The van der Waals surface area contributed by atoms with Crippen molar-refractivity contribution in [3.8, 4) is 0 Å². The van der Waals surface area contributed by atoms with Crippen molar-refractivity contribution in [3.63, 3.8) is 0 Å². The van der Waals surface area contributed by atoms with Crippen molar-refractivity contribution in [2.24, 2.45) is 0 Å². The zero-order valence-electron chi connectivity index (χ0n) is 1.84. The van der Waals surface area contributed by atoms with Crippen LogP contribution in [-0.4, -0.2) is 16.5 Å². The average Bonchev–Trinajstić information content (AvgIpc) is 1.50. The van der Waals surface area contributed by atoms with Crippen LogP contribution in [0.15, 0.2) is 0 Å². The fraction of sp³-hybridized carbons (Fsp3) is 0. The second-order valence-corrected chi connectivity index (χ2v) is 0. The summed E-state index contributed by atoms with van der Waals surface area (Å²) in [5, 5.41) is 0. The van der Waals surface area contributed by atoms with Gasteiger partial charge >= 0.3 is 42.9 Å². The third kappa shape index (κ3) is 14.1. The molecule has 0 rings (SSSR count). The molecule has 0 aromatic rings. The van der Waals surface area contributed by atoms with Gasteiger partial charge in [-0.05, 0) is 0 Å². The summed E-state index contributed by atoms with van der Waals surface area (Å²) in [5.41, 5.74) is 0. The molecule has 0 aromatic carbocycles. The Morgan fingerprint density at radius 2 is 1.25 bits per heavy atom. The van der Waals surface area contributed by atoms with Crippen LogP contribution in [0.1, 0.15) is 0 Å². The van der Waals surface area contributed by atoms with Gasteiger partial charge in [0.05, 0.1) is 0 Å². The molecular formula is H2GeO2Pd. The van der Waals surface area contributed by atoms with E-state index in [0.29, 0.717) is 0 Å². The third-order valence-corrected chi connectivity index (χ3v) is 0. The van der Waals surface area contributed by atoms with E-state index in [1.807, 2.05) is 0 Å². The molecule has 0 aliphatic carbocycles. The first-order chi connectivity index (χ1) is 2.00. The van der Waals surface area contributed by atoms with E-state index in [2.05, 4.69) is 0 Å².